The number of carbonyl (C=O) groups is 6. The standard InChI is InChI=1S/C24H24N4O3.C21H21BrN2O3.C3H4N2/c1-17-15-20(9-10-21(17)28-12-6-11-25-28)22(29)24(31)27-14-13-26(16-18(27)2)23(30)19-7-4-3-5-8-19;1-14-12-17(8-9-18(14)22)19(25)21(27)24-11-10-23(13-15(24)2)20(26)16-6-4-3-5-7-16;1-2-4-5-3-1/h3-12,15,18H,13-14,16H2,1-2H3;3-9,12,15H,10-11,13H2,1-2H3;1-3H,(H,4,5)/t18-;15-;/m11./s1. The van der Waals surface area contributed by atoms with Crippen molar-refractivity contribution in [2.75, 3.05) is 39.3 Å². The SMILES string of the molecule is Cc1cc(C(=O)C(=O)N2CCN(C(=O)c3ccccc3)C[C@H]2C)ccc1-n1cccn1.Cc1cc(C(=O)C(=O)N2CCN(C(=O)c3ccccc3)C[C@H]2C)ccc1Br.c1cn[nH]c1. The zero-order chi connectivity index (χ0) is 45.0. The number of aryl methyl sites for hydroxylation is 2. The summed E-state index contributed by atoms with van der Waals surface area (Å²) >= 11 is 3.40. The summed E-state index contributed by atoms with van der Waals surface area (Å²) in [6.45, 7) is 9.77. The van der Waals surface area contributed by atoms with Gasteiger partial charge in [0.05, 0.1) is 5.69 Å². The Hall–Kier alpha value is -7.00. The molecular weight excluding hydrogens is 864 g/mol. The highest BCUT2D eigenvalue weighted by Gasteiger charge is 2.35. The Morgan fingerprint density at radius 3 is 1.49 bits per heavy atom. The van der Waals surface area contributed by atoms with Crippen LogP contribution in [0.4, 0.5) is 0 Å². The van der Waals surface area contributed by atoms with Crippen molar-refractivity contribution in [2.24, 2.45) is 0 Å². The first-order valence-electron chi connectivity index (χ1n) is 20.5. The van der Waals surface area contributed by atoms with Crippen LogP contribution in [-0.2, 0) is 9.59 Å². The topological polar surface area (TPSA) is 162 Å². The summed E-state index contributed by atoms with van der Waals surface area (Å²) in [5.41, 5.74) is 4.61. The number of hydrogen-bond donors (Lipinski definition) is 1. The van der Waals surface area contributed by atoms with Crippen molar-refractivity contribution in [3.05, 3.63) is 172 Å². The molecule has 2 aromatic heterocycles. The molecule has 2 fully saturated rings. The first-order chi connectivity index (χ1) is 30.3. The Morgan fingerprint density at radius 1 is 0.587 bits per heavy atom. The van der Waals surface area contributed by atoms with Crippen LogP contribution < -0.4 is 0 Å². The lowest BCUT2D eigenvalue weighted by Crippen LogP contribution is -2.56. The molecule has 6 aromatic rings. The van der Waals surface area contributed by atoms with Crippen LogP contribution in [0.15, 0.2) is 138 Å². The normalized spacial score (nSPS) is 15.9. The molecule has 324 valence electrons. The summed E-state index contributed by atoms with van der Waals surface area (Å²) in [6.07, 6.45) is 6.97. The number of amides is 4. The Bertz CT molecular complexity index is 2520. The number of Topliss-reactive ketones (excluding diaryl/α,β-unsaturated/α-hetero) is 2. The zero-order valence-corrected chi connectivity index (χ0v) is 37.1. The fourth-order valence-electron chi connectivity index (χ4n) is 7.39. The lowest BCUT2D eigenvalue weighted by Gasteiger charge is -2.39. The van der Waals surface area contributed by atoms with Gasteiger partial charge in [0.1, 0.15) is 0 Å². The van der Waals surface area contributed by atoms with Gasteiger partial charge in [-0.3, -0.25) is 33.9 Å². The third-order valence-electron chi connectivity index (χ3n) is 10.8. The summed E-state index contributed by atoms with van der Waals surface area (Å²) in [7, 11) is 0. The van der Waals surface area contributed by atoms with Crippen molar-refractivity contribution in [3.63, 3.8) is 0 Å². The molecule has 63 heavy (non-hydrogen) atoms. The van der Waals surface area contributed by atoms with E-state index in [2.05, 4.69) is 31.2 Å². The molecule has 2 saturated heterocycles. The molecule has 4 heterocycles. The van der Waals surface area contributed by atoms with Gasteiger partial charge in [0.15, 0.2) is 0 Å². The molecule has 1 N–H and O–H groups in total. The quantitative estimate of drug-likeness (QED) is 0.141. The lowest BCUT2D eigenvalue weighted by molar-refractivity contribution is -0.130. The number of ketones is 2. The molecule has 0 spiro atoms. The van der Waals surface area contributed by atoms with Crippen LogP contribution in [0, 0.1) is 13.8 Å². The maximum absolute atomic E-state index is 12.9. The summed E-state index contributed by atoms with van der Waals surface area (Å²) in [4.78, 5) is 83.0. The predicted molar refractivity (Wildman–Crippen MR) is 241 cm³/mol. The van der Waals surface area contributed by atoms with Crippen molar-refractivity contribution in [2.45, 2.75) is 39.8 Å². The van der Waals surface area contributed by atoms with E-state index in [0.717, 1.165) is 21.3 Å². The molecule has 15 heteroatoms. The molecule has 4 aromatic carbocycles. The average Bonchev–Trinajstić information content (AvgIpc) is 4.08. The number of carbonyl (C=O) groups excluding carboxylic acids is 6. The van der Waals surface area contributed by atoms with Crippen LogP contribution in [0.25, 0.3) is 5.69 Å². The number of aromatic amines is 1. The molecule has 2 aliphatic heterocycles. The molecule has 8 rings (SSSR count). The molecule has 2 atom stereocenters. The number of hydrogen-bond acceptors (Lipinski definition) is 8. The van der Waals surface area contributed by atoms with E-state index in [9.17, 15) is 28.8 Å². The second-order valence-corrected chi connectivity index (χ2v) is 16.1. The van der Waals surface area contributed by atoms with E-state index >= 15 is 0 Å². The molecule has 0 aliphatic carbocycles. The minimum absolute atomic E-state index is 0.0515. The van der Waals surface area contributed by atoms with Gasteiger partial charge in [-0.15, -0.1) is 0 Å². The van der Waals surface area contributed by atoms with E-state index in [4.69, 9.17) is 0 Å². The van der Waals surface area contributed by atoms with Crippen LogP contribution in [0.1, 0.15) is 66.4 Å². The highest BCUT2D eigenvalue weighted by Crippen LogP contribution is 2.21. The molecule has 4 amide bonds. The van der Waals surface area contributed by atoms with Gasteiger partial charge in [-0.1, -0.05) is 52.3 Å². The molecule has 0 unspecified atom stereocenters. The zero-order valence-electron chi connectivity index (χ0n) is 35.6. The number of piperazine rings is 2. The second kappa shape index (κ2) is 21.2. The van der Waals surface area contributed by atoms with Gasteiger partial charge in [-0.05, 0) is 112 Å². The van der Waals surface area contributed by atoms with Crippen LogP contribution >= 0.6 is 15.9 Å². The summed E-state index contributed by atoms with van der Waals surface area (Å²) < 4.78 is 2.61. The third kappa shape index (κ3) is 11.3. The van der Waals surface area contributed by atoms with Gasteiger partial charge in [0.25, 0.3) is 23.6 Å². The van der Waals surface area contributed by atoms with Crippen molar-refractivity contribution >= 4 is 51.1 Å². The monoisotopic (exact) mass is 912 g/mol. The fourth-order valence-corrected chi connectivity index (χ4v) is 7.63. The van der Waals surface area contributed by atoms with Crippen molar-refractivity contribution in [1.29, 1.82) is 0 Å². The molecular formula is C48H49BrN8O6. The Balaban J connectivity index is 0.000000190. The van der Waals surface area contributed by atoms with Crippen molar-refractivity contribution in [3.8, 4) is 5.69 Å². The second-order valence-electron chi connectivity index (χ2n) is 15.3. The largest absolute Gasteiger partial charge is 0.335 e. The van der Waals surface area contributed by atoms with Gasteiger partial charge >= 0.3 is 0 Å². The highest BCUT2D eigenvalue weighted by molar-refractivity contribution is 9.10. The fraction of sp³-hybridized carbons (Fsp3) is 0.250. The van der Waals surface area contributed by atoms with Gasteiger partial charge in [-0.2, -0.15) is 10.2 Å². The summed E-state index contributed by atoms with van der Waals surface area (Å²) in [5.74, 6) is -2.22. The number of halogens is 1. The average molecular weight is 914 g/mol. The van der Waals surface area contributed by atoms with E-state index < -0.39 is 23.4 Å². The number of benzene rings is 4. The molecule has 2 aliphatic rings. The van der Waals surface area contributed by atoms with Crippen molar-refractivity contribution in [1.82, 2.24) is 39.6 Å². The lowest BCUT2D eigenvalue weighted by atomic mass is 10.0. The smallest absolute Gasteiger partial charge is 0.295 e. The third-order valence-corrected chi connectivity index (χ3v) is 11.7. The van der Waals surface area contributed by atoms with Crippen LogP contribution in [0.3, 0.4) is 0 Å². The number of nitrogens with one attached hydrogen (secondary N) is 1. The number of aromatic nitrogens is 4. The number of H-pyrrole nitrogens is 1. The van der Waals surface area contributed by atoms with Gasteiger partial charge in [0.2, 0.25) is 11.6 Å². The minimum atomic E-state index is -0.537. The maximum Gasteiger partial charge on any atom is 0.295 e. The van der Waals surface area contributed by atoms with Gasteiger partial charge < -0.3 is 19.6 Å². The number of rotatable bonds is 7. The predicted octanol–water partition coefficient (Wildman–Crippen LogP) is 6.46. The molecule has 0 radical (unpaired) electrons. The van der Waals surface area contributed by atoms with E-state index in [1.54, 1.807) is 104 Å². The summed E-state index contributed by atoms with van der Waals surface area (Å²) in [5, 5.41) is 10.4. The molecule has 0 bridgehead atoms. The van der Waals surface area contributed by atoms with Gasteiger partial charge in [-0.25, -0.2) is 4.68 Å². The molecule has 0 saturated carbocycles. The van der Waals surface area contributed by atoms with Crippen LogP contribution in [0.5, 0.6) is 0 Å². The number of nitrogens with zero attached hydrogens (tertiary/aromatic N) is 7. The van der Waals surface area contributed by atoms with E-state index in [-0.39, 0.29) is 23.9 Å². The minimum Gasteiger partial charge on any atom is -0.335 e. The summed E-state index contributed by atoms with van der Waals surface area (Å²) in [6, 6.07) is 31.7. The van der Waals surface area contributed by atoms with E-state index in [0.29, 0.717) is 61.5 Å². The maximum atomic E-state index is 12.9. The Kier molecular flexibility index (Phi) is 15.3. The Morgan fingerprint density at radius 2 is 1.10 bits per heavy atom. The first kappa shape index (κ1) is 45.5. The van der Waals surface area contributed by atoms with Crippen LogP contribution in [0.2, 0.25) is 0 Å². The van der Waals surface area contributed by atoms with Gasteiger partial charge in [0, 0.05) is 103 Å². The van der Waals surface area contributed by atoms with Crippen LogP contribution in [-0.4, -0.2) is 126 Å². The molecule has 14 nitrogen and oxygen atoms in total. The Labute approximate surface area is 374 Å². The first-order valence-corrected chi connectivity index (χ1v) is 21.3. The van der Waals surface area contributed by atoms with E-state index in [1.165, 1.54) is 0 Å². The highest BCUT2D eigenvalue weighted by atomic mass is 79.9. The van der Waals surface area contributed by atoms with E-state index in [1.807, 2.05) is 82.4 Å². The van der Waals surface area contributed by atoms with Crippen molar-refractivity contribution < 1.29 is 28.8 Å².